The zero-order chi connectivity index (χ0) is 12.3. The topological polar surface area (TPSA) is 26.0 Å². The Labute approximate surface area is 105 Å². The molecule has 1 aromatic carbocycles. The molecule has 1 saturated carbocycles. The standard InChI is InChI=1S/C16H25N/c1-12(2)14-9-6-13(7-10-14)8-11-15-4-3-5-16(15)17/h6-7,9-10,12,15-16H,3-5,8,11,17H2,1-2H3. The summed E-state index contributed by atoms with van der Waals surface area (Å²) in [6.07, 6.45) is 6.36. The lowest BCUT2D eigenvalue weighted by Crippen LogP contribution is -2.24. The Morgan fingerprint density at radius 1 is 1.18 bits per heavy atom. The van der Waals surface area contributed by atoms with Crippen molar-refractivity contribution in [2.24, 2.45) is 11.7 Å². The highest BCUT2D eigenvalue weighted by atomic mass is 14.7. The lowest BCUT2D eigenvalue weighted by molar-refractivity contribution is 0.447. The van der Waals surface area contributed by atoms with E-state index in [1.807, 2.05) is 0 Å². The van der Waals surface area contributed by atoms with E-state index in [-0.39, 0.29) is 0 Å². The summed E-state index contributed by atoms with van der Waals surface area (Å²) in [7, 11) is 0. The third kappa shape index (κ3) is 3.32. The highest BCUT2D eigenvalue weighted by Gasteiger charge is 2.23. The minimum absolute atomic E-state index is 0.463. The molecule has 1 nitrogen and oxygen atoms in total. The van der Waals surface area contributed by atoms with Crippen LogP contribution in [-0.2, 0) is 6.42 Å². The number of nitrogens with two attached hydrogens (primary N) is 1. The summed E-state index contributed by atoms with van der Waals surface area (Å²) in [5.74, 6) is 1.40. The predicted octanol–water partition coefficient (Wildman–Crippen LogP) is 3.87. The molecule has 0 aromatic heterocycles. The average molecular weight is 231 g/mol. The molecule has 2 N–H and O–H groups in total. The largest absolute Gasteiger partial charge is 0.327 e. The first-order valence-corrected chi connectivity index (χ1v) is 7.01. The van der Waals surface area contributed by atoms with Gasteiger partial charge in [-0.15, -0.1) is 0 Å². The van der Waals surface area contributed by atoms with Crippen LogP contribution in [0, 0.1) is 5.92 Å². The summed E-state index contributed by atoms with van der Waals surface area (Å²) >= 11 is 0. The molecule has 2 unspecified atom stereocenters. The van der Waals surface area contributed by atoms with Crippen LogP contribution in [-0.4, -0.2) is 6.04 Å². The fourth-order valence-electron chi connectivity index (χ4n) is 2.85. The Morgan fingerprint density at radius 2 is 1.88 bits per heavy atom. The SMILES string of the molecule is CC(C)c1ccc(CCC2CCCC2N)cc1. The number of rotatable bonds is 4. The molecule has 2 atom stereocenters. The summed E-state index contributed by atoms with van der Waals surface area (Å²) in [6.45, 7) is 4.49. The van der Waals surface area contributed by atoms with Crippen molar-refractivity contribution in [3.05, 3.63) is 35.4 Å². The van der Waals surface area contributed by atoms with E-state index < -0.39 is 0 Å². The van der Waals surface area contributed by atoms with Crippen LogP contribution < -0.4 is 5.73 Å². The lowest BCUT2D eigenvalue weighted by Gasteiger charge is -2.15. The number of hydrogen-bond acceptors (Lipinski definition) is 1. The Morgan fingerprint density at radius 3 is 2.41 bits per heavy atom. The van der Waals surface area contributed by atoms with Gasteiger partial charge in [0.25, 0.3) is 0 Å². The van der Waals surface area contributed by atoms with Crippen molar-refractivity contribution < 1.29 is 0 Å². The second-order valence-electron chi connectivity index (χ2n) is 5.79. The summed E-state index contributed by atoms with van der Waals surface area (Å²) in [4.78, 5) is 0. The third-order valence-corrected chi connectivity index (χ3v) is 4.17. The molecule has 1 aliphatic rings. The molecular weight excluding hydrogens is 206 g/mol. The Balaban J connectivity index is 1.86. The Bertz CT molecular complexity index is 339. The number of benzene rings is 1. The van der Waals surface area contributed by atoms with Crippen LogP contribution in [0.15, 0.2) is 24.3 Å². The predicted molar refractivity (Wildman–Crippen MR) is 74.2 cm³/mol. The summed E-state index contributed by atoms with van der Waals surface area (Å²) < 4.78 is 0. The van der Waals surface area contributed by atoms with Gasteiger partial charge in [-0.3, -0.25) is 0 Å². The van der Waals surface area contributed by atoms with Gasteiger partial charge in [0.05, 0.1) is 0 Å². The van der Waals surface area contributed by atoms with Crippen molar-refractivity contribution in [3.63, 3.8) is 0 Å². The van der Waals surface area contributed by atoms with Crippen LogP contribution in [0.3, 0.4) is 0 Å². The van der Waals surface area contributed by atoms with Crippen molar-refractivity contribution in [1.82, 2.24) is 0 Å². The first-order valence-electron chi connectivity index (χ1n) is 7.01. The molecular formula is C16H25N. The van der Waals surface area contributed by atoms with E-state index in [4.69, 9.17) is 5.73 Å². The zero-order valence-corrected chi connectivity index (χ0v) is 11.2. The summed E-state index contributed by atoms with van der Waals surface area (Å²) in [5.41, 5.74) is 9.01. The molecule has 1 aromatic rings. The van der Waals surface area contributed by atoms with Crippen LogP contribution in [0.25, 0.3) is 0 Å². The van der Waals surface area contributed by atoms with E-state index >= 15 is 0 Å². The highest BCUT2D eigenvalue weighted by molar-refractivity contribution is 5.24. The maximum absolute atomic E-state index is 6.11. The van der Waals surface area contributed by atoms with Crippen molar-refractivity contribution in [3.8, 4) is 0 Å². The van der Waals surface area contributed by atoms with Crippen molar-refractivity contribution in [2.45, 2.75) is 57.9 Å². The van der Waals surface area contributed by atoms with E-state index in [0.29, 0.717) is 12.0 Å². The maximum Gasteiger partial charge on any atom is 0.00672 e. The van der Waals surface area contributed by atoms with Gasteiger partial charge >= 0.3 is 0 Å². The second kappa shape index (κ2) is 5.68. The molecule has 1 aliphatic carbocycles. The van der Waals surface area contributed by atoms with E-state index in [2.05, 4.69) is 38.1 Å². The van der Waals surface area contributed by atoms with Gasteiger partial charge in [0, 0.05) is 6.04 Å². The Kier molecular flexibility index (Phi) is 4.22. The van der Waals surface area contributed by atoms with Gasteiger partial charge < -0.3 is 5.73 Å². The van der Waals surface area contributed by atoms with E-state index in [1.54, 1.807) is 0 Å². The van der Waals surface area contributed by atoms with Gasteiger partial charge in [-0.2, -0.15) is 0 Å². The number of aryl methyl sites for hydroxylation is 1. The molecule has 1 fully saturated rings. The molecule has 0 aliphatic heterocycles. The zero-order valence-electron chi connectivity index (χ0n) is 11.2. The van der Waals surface area contributed by atoms with Gasteiger partial charge in [-0.25, -0.2) is 0 Å². The third-order valence-electron chi connectivity index (χ3n) is 4.17. The molecule has 17 heavy (non-hydrogen) atoms. The van der Waals surface area contributed by atoms with Crippen LogP contribution in [0.2, 0.25) is 0 Å². The quantitative estimate of drug-likeness (QED) is 0.836. The molecule has 94 valence electrons. The molecule has 0 radical (unpaired) electrons. The summed E-state index contributed by atoms with van der Waals surface area (Å²) in [5, 5.41) is 0. The van der Waals surface area contributed by atoms with E-state index in [9.17, 15) is 0 Å². The molecule has 0 heterocycles. The average Bonchev–Trinajstić information content (AvgIpc) is 2.73. The first kappa shape index (κ1) is 12.6. The smallest absolute Gasteiger partial charge is 0.00672 e. The van der Waals surface area contributed by atoms with Crippen molar-refractivity contribution in [2.75, 3.05) is 0 Å². The highest BCUT2D eigenvalue weighted by Crippen LogP contribution is 2.28. The Hall–Kier alpha value is -0.820. The van der Waals surface area contributed by atoms with Crippen LogP contribution in [0.5, 0.6) is 0 Å². The van der Waals surface area contributed by atoms with Crippen LogP contribution >= 0.6 is 0 Å². The van der Waals surface area contributed by atoms with Gasteiger partial charge in [0.15, 0.2) is 0 Å². The number of hydrogen-bond donors (Lipinski definition) is 1. The molecule has 0 spiro atoms. The lowest BCUT2D eigenvalue weighted by atomic mass is 9.94. The molecule has 0 amide bonds. The molecule has 1 heteroatoms. The maximum atomic E-state index is 6.11. The van der Waals surface area contributed by atoms with Crippen LogP contribution in [0.4, 0.5) is 0 Å². The monoisotopic (exact) mass is 231 g/mol. The van der Waals surface area contributed by atoms with Gasteiger partial charge in [-0.05, 0) is 48.6 Å². The fourth-order valence-corrected chi connectivity index (χ4v) is 2.85. The van der Waals surface area contributed by atoms with Gasteiger partial charge in [0.2, 0.25) is 0 Å². The molecule has 2 rings (SSSR count). The van der Waals surface area contributed by atoms with Gasteiger partial charge in [0.1, 0.15) is 0 Å². The molecule has 0 saturated heterocycles. The minimum atomic E-state index is 0.463. The summed E-state index contributed by atoms with van der Waals surface area (Å²) in [6, 6.07) is 9.58. The van der Waals surface area contributed by atoms with Crippen molar-refractivity contribution >= 4 is 0 Å². The second-order valence-corrected chi connectivity index (χ2v) is 5.79. The normalized spacial score (nSPS) is 24.5. The minimum Gasteiger partial charge on any atom is -0.327 e. The fraction of sp³-hybridized carbons (Fsp3) is 0.625. The van der Waals surface area contributed by atoms with E-state index in [0.717, 1.165) is 5.92 Å². The first-order chi connectivity index (χ1) is 8.16. The van der Waals surface area contributed by atoms with Gasteiger partial charge in [-0.1, -0.05) is 44.5 Å². The van der Waals surface area contributed by atoms with E-state index in [1.165, 1.54) is 43.2 Å². The molecule has 0 bridgehead atoms. The van der Waals surface area contributed by atoms with Crippen molar-refractivity contribution in [1.29, 1.82) is 0 Å². The van der Waals surface area contributed by atoms with Crippen LogP contribution in [0.1, 0.15) is 56.6 Å².